The summed E-state index contributed by atoms with van der Waals surface area (Å²) in [4.78, 5) is 12.1. The normalized spacial score (nSPS) is 32.5. The largest absolute Gasteiger partial charge is 0.273 e. The quantitative estimate of drug-likeness (QED) is 0.581. The molecule has 0 spiro atoms. The number of hydrazone groups is 1. The van der Waals surface area contributed by atoms with Gasteiger partial charge in [0.2, 0.25) is 5.91 Å². The predicted octanol–water partition coefficient (Wildman–Crippen LogP) is 3.10. The van der Waals surface area contributed by atoms with Crippen LogP contribution in [-0.2, 0) is 4.79 Å². The number of hydrogen-bond acceptors (Lipinski definition) is 2. The van der Waals surface area contributed by atoms with E-state index in [2.05, 4.69) is 10.5 Å². The molecule has 0 saturated heterocycles. The highest BCUT2D eigenvalue weighted by Gasteiger charge is 2.38. The van der Waals surface area contributed by atoms with Crippen LogP contribution in [0.4, 0.5) is 0 Å². The van der Waals surface area contributed by atoms with E-state index in [1.54, 1.807) is 0 Å². The monoisotopic (exact) mass is 236 g/mol. The van der Waals surface area contributed by atoms with Gasteiger partial charge in [-0.1, -0.05) is 32.1 Å². The molecule has 0 aromatic carbocycles. The second-order valence-corrected chi connectivity index (χ2v) is 5.78. The van der Waals surface area contributed by atoms with Crippen molar-refractivity contribution in [1.82, 2.24) is 5.43 Å². The molecule has 3 unspecified atom stereocenters. The number of rotatable bonds is 2. The number of nitrogens with one attached hydrogen (secondary N) is 1. The minimum atomic E-state index is 0.155. The molecule has 17 heavy (non-hydrogen) atoms. The van der Waals surface area contributed by atoms with Crippen molar-refractivity contribution in [1.29, 1.82) is 0 Å². The lowest BCUT2D eigenvalue weighted by Crippen LogP contribution is -2.39. The topological polar surface area (TPSA) is 41.5 Å². The minimum absolute atomic E-state index is 0.155. The van der Waals surface area contributed by atoms with Crippen molar-refractivity contribution in [2.24, 2.45) is 22.9 Å². The van der Waals surface area contributed by atoms with Crippen LogP contribution in [0.2, 0.25) is 0 Å². The summed E-state index contributed by atoms with van der Waals surface area (Å²) < 4.78 is 0. The summed E-state index contributed by atoms with van der Waals surface area (Å²) in [7, 11) is 0. The molecule has 2 fully saturated rings. The molecule has 1 amide bonds. The summed E-state index contributed by atoms with van der Waals surface area (Å²) >= 11 is 0. The van der Waals surface area contributed by atoms with Crippen molar-refractivity contribution in [2.75, 3.05) is 0 Å². The number of carbonyl (C=O) groups is 1. The molecule has 0 bridgehead atoms. The van der Waals surface area contributed by atoms with Gasteiger partial charge in [0, 0.05) is 11.6 Å². The lowest BCUT2D eigenvalue weighted by molar-refractivity contribution is -0.129. The maximum atomic E-state index is 12.1. The van der Waals surface area contributed by atoms with Crippen LogP contribution >= 0.6 is 0 Å². The molecule has 1 N–H and O–H groups in total. The van der Waals surface area contributed by atoms with Gasteiger partial charge in [-0.05, 0) is 38.5 Å². The van der Waals surface area contributed by atoms with E-state index in [1.807, 2.05) is 13.8 Å². The first-order valence-electron chi connectivity index (χ1n) is 6.99. The Morgan fingerprint density at radius 2 is 1.76 bits per heavy atom. The molecule has 96 valence electrons. The first-order chi connectivity index (χ1) is 8.18. The second-order valence-electron chi connectivity index (χ2n) is 5.78. The standard InChI is InChI=1S/C14H24N2O/c1-10(2)15-16-14(17)13-9-5-7-11-6-3-4-8-12(11)13/h11-13H,3-9H2,1-2H3,(H,16,17). The Balaban J connectivity index is 1.98. The number of amides is 1. The van der Waals surface area contributed by atoms with Crippen LogP contribution in [0.25, 0.3) is 0 Å². The van der Waals surface area contributed by atoms with E-state index in [-0.39, 0.29) is 11.8 Å². The van der Waals surface area contributed by atoms with Crippen LogP contribution in [0.1, 0.15) is 58.8 Å². The SMILES string of the molecule is CC(C)=NNC(=O)C1CCCC2CCCCC21. The van der Waals surface area contributed by atoms with Crippen molar-refractivity contribution in [2.45, 2.75) is 58.8 Å². The number of nitrogens with zero attached hydrogens (tertiary/aromatic N) is 1. The van der Waals surface area contributed by atoms with Crippen LogP contribution in [-0.4, -0.2) is 11.6 Å². The zero-order valence-electron chi connectivity index (χ0n) is 11.0. The van der Waals surface area contributed by atoms with E-state index in [1.165, 1.54) is 38.5 Å². The molecule has 2 aliphatic carbocycles. The summed E-state index contributed by atoms with van der Waals surface area (Å²) in [6, 6.07) is 0. The maximum Gasteiger partial charge on any atom is 0.243 e. The maximum absolute atomic E-state index is 12.1. The van der Waals surface area contributed by atoms with Crippen LogP contribution in [0.3, 0.4) is 0 Å². The lowest BCUT2D eigenvalue weighted by atomic mass is 9.65. The van der Waals surface area contributed by atoms with E-state index in [0.29, 0.717) is 5.92 Å². The molecule has 0 radical (unpaired) electrons. The molecule has 0 aromatic rings. The fraction of sp³-hybridized carbons (Fsp3) is 0.857. The summed E-state index contributed by atoms with van der Waals surface area (Å²) in [6.45, 7) is 3.81. The van der Waals surface area contributed by atoms with Crippen molar-refractivity contribution in [3.63, 3.8) is 0 Å². The van der Waals surface area contributed by atoms with E-state index in [9.17, 15) is 4.79 Å². The molecule has 3 nitrogen and oxygen atoms in total. The fourth-order valence-electron chi connectivity index (χ4n) is 3.51. The first-order valence-corrected chi connectivity index (χ1v) is 6.99. The van der Waals surface area contributed by atoms with Gasteiger partial charge in [-0.15, -0.1) is 0 Å². The molecule has 0 aromatic heterocycles. The van der Waals surface area contributed by atoms with Crippen molar-refractivity contribution in [3.8, 4) is 0 Å². The number of hydrogen-bond donors (Lipinski definition) is 1. The Morgan fingerprint density at radius 3 is 2.53 bits per heavy atom. The van der Waals surface area contributed by atoms with E-state index < -0.39 is 0 Å². The lowest BCUT2D eigenvalue weighted by Gasteiger charge is -2.40. The minimum Gasteiger partial charge on any atom is -0.273 e. The Labute approximate surface area is 104 Å². The third-order valence-corrected chi connectivity index (χ3v) is 4.30. The van der Waals surface area contributed by atoms with Crippen molar-refractivity contribution < 1.29 is 4.79 Å². The number of fused-ring (bicyclic) bond motifs is 1. The molecule has 3 atom stereocenters. The third kappa shape index (κ3) is 3.08. The van der Waals surface area contributed by atoms with Gasteiger partial charge in [0.05, 0.1) is 0 Å². The van der Waals surface area contributed by atoms with Gasteiger partial charge in [-0.25, -0.2) is 5.43 Å². The van der Waals surface area contributed by atoms with Gasteiger partial charge >= 0.3 is 0 Å². The smallest absolute Gasteiger partial charge is 0.243 e. The number of carbonyl (C=O) groups excluding carboxylic acids is 1. The van der Waals surface area contributed by atoms with Gasteiger partial charge in [0.1, 0.15) is 0 Å². The average molecular weight is 236 g/mol. The molecule has 0 aliphatic heterocycles. The molecule has 2 rings (SSSR count). The van der Waals surface area contributed by atoms with Gasteiger partial charge < -0.3 is 0 Å². The first kappa shape index (κ1) is 12.6. The Kier molecular flexibility index (Phi) is 4.19. The van der Waals surface area contributed by atoms with Crippen LogP contribution < -0.4 is 5.43 Å². The fourth-order valence-corrected chi connectivity index (χ4v) is 3.51. The second kappa shape index (κ2) is 5.65. The molecular weight excluding hydrogens is 212 g/mol. The van der Waals surface area contributed by atoms with E-state index in [4.69, 9.17) is 0 Å². The van der Waals surface area contributed by atoms with Crippen LogP contribution in [0, 0.1) is 17.8 Å². The van der Waals surface area contributed by atoms with Crippen LogP contribution in [0.15, 0.2) is 5.10 Å². The van der Waals surface area contributed by atoms with Gasteiger partial charge in [0.25, 0.3) is 0 Å². The van der Waals surface area contributed by atoms with Crippen molar-refractivity contribution in [3.05, 3.63) is 0 Å². The molecule has 0 heterocycles. The van der Waals surface area contributed by atoms with Gasteiger partial charge in [-0.3, -0.25) is 4.79 Å². The summed E-state index contributed by atoms with van der Waals surface area (Å²) in [5.74, 6) is 1.81. The zero-order chi connectivity index (χ0) is 12.3. The highest BCUT2D eigenvalue weighted by atomic mass is 16.2. The molecule has 2 saturated carbocycles. The third-order valence-electron chi connectivity index (χ3n) is 4.30. The zero-order valence-corrected chi connectivity index (χ0v) is 11.0. The molecule has 2 aliphatic rings. The summed E-state index contributed by atoms with van der Waals surface area (Å²) in [5.41, 5.74) is 3.65. The average Bonchev–Trinajstić information content (AvgIpc) is 2.35. The van der Waals surface area contributed by atoms with Gasteiger partial charge in [0.15, 0.2) is 0 Å². The Morgan fingerprint density at radius 1 is 1.06 bits per heavy atom. The summed E-state index contributed by atoms with van der Waals surface area (Å²) in [6.07, 6.45) is 8.87. The van der Waals surface area contributed by atoms with Gasteiger partial charge in [-0.2, -0.15) is 5.10 Å². The molecule has 3 heteroatoms. The van der Waals surface area contributed by atoms with E-state index in [0.717, 1.165) is 18.1 Å². The predicted molar refractivity (Wildman–Crippen MR) is 69.7 cm³/mol. The highest BCUT2D eigenvalue weighted by Crippen LogP contribution is 2.43. The van der Waals surface area contributed by atoms with E-state index >= 15 is 0 Å². The highest BCUT2D eigenvalue weighted by molar-refractivity contribution is 5.83. The Hall–Kier alpha value is -0.860. The summed E-state index contributed by atoms with van der Waals surface area (Å²) in [5, 5.41) is 4.05. The Bertz CT molecular complexity index is 305. The molecular formula is C14H24N2O. The van der Waals surface area contributed by atoms with Crippen LogP contribution in [0.5, 0.6) is 0 Å². The van der Waals surface area contributed by atoms with Crippen molar-refractivity contribution >= 4 is 11.6 Å².